The zero-order valence-electron chi connectivity index (χ0n) is 12.1. The standard InChI is InChI=1S/C15H20N4O2/c1-19-9-7-13(8-10-19)17-18-15(21)14(20)16-11-12-5-3-2-4-6-12/h2-7,17H,8-11H2,1H3,(H,16,20)(H,18,21). The first-order chi connectivity index (χ1) is 10.1. The van der Waals surface area contributed by atoms with E-state index < -0.39 is 11.8 Å². The third-order valence-electron chi connectivity index (χ3n) is 3.25. The van der Waals surface area contributed by atoms with E-state index in [9.17, 15) is 9.59 Å². The Bertz CT molecular complexity index is 528. The van der Waals surface area contributed by atoms with Gasteiger partial charge in [-0.05, 0) is 18.7 Å². The molecule has 0 bridgehead atoms. The number of benzene rings is 1. The van der Waals surface area contributed by atoms with Crippen molar-refractivity contribution in [1.82, 2.24) is 21.1 Å². The van der Waals surface area contributed by atoms with Crippen molar-refractivity contribution in [2.24, 2.45) is 0 Å². The van der Waals surface area contributed by atoms with E-state index in [2.05, 4.69) is 21.1 Å². The Hall–Kier alpha value is -2.34. The van der Waals surface area contributed by atoms with E-state index in [0.29, 0.717) is 6.54 Å². The van der Waals surface area contributed by atoms with Crippen LogP contribution in [0, 0.1) is 0 Å². The number of amides is 2. The molecule has 112 valence electrons. The van der Waals surface area contributed by atoms with Crippen LogP contribution in [0.1, 0.15) is 12.0 Å². The quantitative estimate of drug-likeness (QED) is 0.544. The molecule has 0 spiro atoms. The van der Waals surface area contributed by atoms with Crippen LogP contribution in [0.25, 0.3) is 0 Å². The van der Waals surface area contributed by atoms with E-state index in [4.69, 9.17) is 0 Å². The fourth-order valence-corrected chi connectivity index (χ4v) is 1.94. The molecule has 0 atom stereocenters. The van der Waals surface area contributed by atoms with Crippen LogP contribution in [0.3, 0.4) is 0 Å². The maximum Gasteiger partial charge on any atom is 0.327 e. The first-order valence-electron chi connectivity index (χ1n) is 6.91. The van der Waals surface area contributed by atoms with Gasteiger partial charge in [-0.2, -0.15) is 0 Å². The van der Waals surface area contributed by atoms with E-state index in [1.54, 1.807) is 0 Å². The van der Waals surface area contributed by atoms with Crippen LogP contribution in [0.4, 0.5) is 0 Å². The minimum Gasteiger partial charge on any atom is -0.344 e. The highest BCUT2D eigenvalue weighted by Crippen LogP contribution is 2.04. The second kappa shape index (κ2) is 7.44. The average Bonchev–Trinajstić information content (AvgIpc) is 2.52. The number of carbonyl (C=O) groups is 2. The van der Waals surface area contributed by atoms with E-state index in [1.807, 2.05) is 43.5 Å². The van der Waals surface area contributed by atoms with E-state index >= 15 is 0 Å². The first-order valence-corrected chi connectivity index (χ1v) is 6.91. The lowest BCUT2D eigenvalue weighted by molar-refractivity contribution is -0.139. The second-order valence-corrected chi connectivity index (χ2v) is 4.99. The highest BCUT2D eigenvalue weighted by molar-refractivity contribution is 6.34. The average molecular weight is 288 g/mol. The van der Waals surface area contributed by atoms with Crippen LogP contribution in [0.15, 0.2) is 42.1 Å². The highest BCUT2D eigenvalue weighted by Gasteiger charge is 2.14. The predicted molar refractivity (Wildman–Crippen MR) is 79.8 cm³/mol. The molecule has 2 rings (SSSR count). The number of nitrogens with zero attached hydrogens (tertiary/aromatic N) is 1. The molecule has 0 fully saturated rings. The number of hydrogen-bond donors (Lipinski definition) is 3. The Labute approximate surface area is 124 Å². The molecule has 1 aromatic carbocycles. The van der Waals surface area contributed by atoms with Gasteiger partial charge in [-0.25, -0.2) is 0 Å². The summed E-state index contributed by atoms with van der Waals surface area (Å²) in [7, 11) is 2.03. The van der Waals surface area contributed by atoms with Crippen LogP contribution < -0.4 is 16.2 Å². The van der Waals surface area contributed by atoms with Crippen molar-refractivity contribution in [3.8, 4) is 0 Å². The van der Waals surface area contributed by atoms with Crippen molar-refractivity contribution in [1.29, 1.82) is 0 Å². The number of nitrogens with one attached hydrogen (secondary N) is 3. The van der Waals surface area contributed by atoms with Gasteiger partial charge in [-0.15, -0.1) is 0 Å². The van der Waals surface area contributed by atoms with E-state index in [1.165, 1.54) is 0 Å². The van der Waals surface area contributed by atoms with Crippen molar-refractivity contribution in [3.05, 3.63) is 47.7 Å². The van der Waals surface area contributed by atoms with Gasteiger partial charge in [-0.3, -0.25) is 15.0 Å². The third kappa shape index (κ3) is 4.92. The lowest BCUT2D eigenvalue weighted by Crippen LogP contribution is -2.46. The molecule has 0 aromatic heterocycles. The summed E-state index contributed by atoms with van der Waals surface area (Å²) in [5.41, 5.74) is 7.09. The number of rotatable bonds is 4. The Kier molecular flexibility index (Phi) is 5.34. The molecule has 0 saturated carbocycles. The van der Waals surface area contributed by atoms with Crippen LogP contribution in [-0.2, 0) is 16.1 Å². The Morgan fingerprint density at radius 3 is 2.62 bits per heavy atom. The van der Waals surface area contributed by atoms with E-state index in [-0.39, 0.29) is 0 Å². The van der Waals surface area contributed by atoms with Crippen LogP contribution in [0.2, 0.25) is 0 Å². The van der Waals surface area contributed by atoms with Crippen molar-refractivity contribution in [2.75, 3.05) is 20.1 Å². The van der Waals surface area contributed by atoms with Gasteiger partial charge in [0.2, 0.25) is 0 Å². The summed E-state index contributed by atoms with van der Waals surface area (Å²) in [5, 5.41) is 2.57. The molecule has 1 aliphatic rings. The van der Waals surface area contributed by atoms with Crippen LogP contribution >= 0.6 is 0 Å². The highest BCUT2D eigenvalue weighted by atomic mass is 16.2. The number of likely N-dealkylation sites (N-methyl/N-ethyl adjacent to an activating group) is 1. The minimum absolute atomic E-state index is 0.334. The topological polar surface area (TPSA) is 73.5 Å². The smallest absolute Gasteiger partial charge is 0.327 e. The summed E-state index contributed by atoms with van der Waals surface area (Å²) in [5.74, 6) is -1.34. The molecule has 3 N–H and O–H groups in total. The molecule has 0 unspecified atom stereocenters. The fraction of sp³-hybridized carbons (Fsp3) is 0.333. The van der Waals surface area contributed by atoms with Gasteiger partial charge in [0.05, 0.1) is 0 Å². The summed E-state index contributed by atoms with van der Waals surface area (Å²) >= 11 is 0. The van der Waals surface area contributed by atoms with Gasteiger partial charge in [0.25, 0.3) is 0 Å². The number of carbonyl (C=O) groups excluding carboxylic acids is 2. The van der Waals surface area contributed by atoms with Gasteiger partial charge < -0.3 is 15.6 Å². The Morgan fingerprint density at radius 2 is 1.95 bits per heavy atom. The molecule has 21 heavy (non-hydrogen) atoms. The molecular weight excluding hydrogens is 268 g/mol. The zero-order valence-corrected chi connectivity index (χ0v) is 12.1. The first kappa shape index (κ1) is 15.1. The molecule has 1 aromatic rings. The summed E-state index contributed by atoms with van der Waals surface area (Å²) in [6, 6.07) is 9.45. The van der Waals surface area contributed by atoms with E-state index in [0.717, 1.165) is 30.8 Å². The minimum atomic E-state index is -0.689. The summed E-state index contributed by atoms with van der Waals surface area (Å²) < 4.78 is 0. The molecular formula is C15H20N4O2. The molecule has 6 heteroatoms. The van der Waals surface area contributed by atoms with Gasteiger partial charge in [0.1, 0.15) is 0 Å². The lowest BCUT2D eigenvalue weighted by Gasteiger charge is -2.22. The molecule has 1 heterocycles. The van der Waals surface area contributed by atoms with Crippen molar-refractivity contribution in [3.63, 3.8) is 0 Å². The van der Waals surface area contributed by atoms with Gasteiger partial charge in [0.15, 0.2) is 0 Å². The normalized spacial score (nSPS) is 15.0. The van der Waals surface area contributed by atoms with Crippen molar-refractivity contribution in [2.45, 2.75) is 13.0 Å². The summed E-state index contributed by atoms with van der Waals surface area (Å²) in [6.45, 7) is 2.09. The monoisotopic (exact) mass is 288 g/mol. The van der Waals surface area contributed by atoms with Gasteiger partial charge >= 0.3 is 11.8 Å². The summed E-state index contributed by atoms with van der Waals surface area (Å²) in [6.07, 6.45) is 2.81. The molecule has 0 saturated heterocycles. The van der Waals surface area contributed by atoms with Crippen LogP contribution in [-0.4, -0.2) is 36.9 Å². The van der Waals surface area contributed by atoms with Crippen molar-refractivity contribution < 1.29 is 9.59 Å². The number of hydrazine groups is 1. The largest absolute Gasteiger partial charge is 0.344 e. The molecule has 0 aliphatic carbocycles. The maximum atomic E-state index is 11.7. The van der Waals surface area contributed by atoms with Gasteiger partial charge in [0, 0.05) is 31.8 Å². The van der Waals surface area contributed by atoms with Crippen LogP contribution in [0.5, 0.6) is 0 Å². The maximum absolute atomic E-state index is 11.7. The van der Waals surface area contributed by atoms with Gasteiger partial charge in [-0.1, -0.05) is 30.3 Å². The lowest BCUT2D eigenvalue weighted by atomic mass is 10.2. The fourth-order valence-electron chi connectivity index (χ4n) is 1.94. The Morgan fingerprint density at radius 1 is 1.19 bits per heavy atom. The SMILES string of the molecule is CN1CC=C(NNC(=O)C(=O)NCc2ccccc2)CC1. The molecule has 2 amide bonds. The molecule has 6 nitrogen and oxygen atoms in total. The summed E-state index contributed by atoms with van der Waals surface area (Å²) in [4.78, 5) is 25.5. The molecule has 0 radical (unpaired) electrons. The Balaban J connectivity index is 1.72. The van der Waals surface area contributed by atoms with Crippen molar-refractivity contribution >= 4 is 11.8 Å². The molecule has 1 aliphatic heterocycles. The number of hydrogen-bond acceptors (Lipinski definition) is 4. The second-order valence-electron chi connectivity index (χ2n) is 4.99. The predicted octanol–water partition coefficient (Wildman–Crippen LogP) is 0.143. The third-order valence-corrected chi connectivity index (χ3v) is 3.25. The zero-order chi connectivity index (χ0) is 15.1.